The van der Waals surface area contributed by atoms with Crippen molar-refractivity contribution in [1.29, 1.82) is 0 Å². The molecular weight excluding hydrogens is 294 g/mol. The van der Waals surface area contributed by atoms with Crippen molar-refractivity contribution in [2.24, 2.45) is 11.3 Å². The lowest BCUT2D eigenvalue weighted by molar-refractivity contribution is 0.299. The summed E-state index contributed by atoms with van der Waals surface area (Å²) in [4.78, 5) is 0. The normalized spacial score (nSPS) is 16.2. The second-order valence-electron chi connectivity index (χ2n) is 8.61. The van der Waals surface area contributed by atoms with Crippen LogP contribution in [0.3, 0.4) is 0 Å². The Bertz CT molecular complexity index is 473. The second kappa shape index (κ2) is 9.46. The average molecular weight is 332 g/mol. The van der Waals surface area contributed by atoms with Gasteiger partial charge in [-0.1, -0.05) is 52.7 Å². The lowest BCUT2D eigenvalue weighted by Crippen LogP contribution is -2.22. The molecule has 0 heterocycles. The summed E-state index contributed by atoms with van der Waals surface area (Å²) in [5.41, 5.74) is 1.83. The highest BCUT2D eigenvalue weighted by Crippen LogP contribution is 2.30. The van der Waals surface area contributed by atoms with Crippen molar-refractivity contribution >= 4 is 0 Å². The minimum Gasteiger partial charge on any atom is -0.493 e. The number of hydrogen-bond acceptors (Lipinski definition) is 2. The molecule has 1 saturated carbocycles. The van der Waals surface area contributed by atoms with E-state index >= 15 is 0 Å². The Kier molecular flexibility index (Phi) is 7.61. The van der Waals surface area contributed by atoms with Crippen LogP contribution in [0.1, 0.15) is 84.2 Å². The zero-order valence-electron chi connectivity index (χ0n) is 16.2. The number of nitrogens with one attached hydrogen (secondary N) is 1. The van der Waals surface area contributed by atoms with Gasteiger partial charge in [0.15, 0.2) is 0 Å². The van der Waals surface area contributed by atoms with Crippen LogP contribution in [-0.4, -0.2) is 13.2 Å². The summed E-state index contributed by atoms with van der Waals surface area (Å²) in [6.07, 6.45) is 9.06. The smallest absolute Gasteiger partial charge is 0.119 e. The molecule has 1 atom stereocenters. The summed E-state index contributed by atoms with van der Waals surface area (Å²) in [5, 5.41) is 3.73. The molecule has 24 heavy (non-hydrogen) atoms. The molecule has 2 heteroatoms. The first-order valence-electron chi connectivity index (χ1n) is 9.94. The summed E-state index contributed by atoms with van der Waals surface area (Å²) in [5.74, 6) is 1.84. The molecule has 136 valence electrons. The van der Waals surface area contributed by atoms with Gasteiger partial charge in [0.2, 0.25) is 0 Å². The zero-order chi connectivity index (χ0) is 17.4. The summed E-state index contributed by atoms with van der Waals surface area (Å²) < 4.78 is 5.93. The van der Waals surface area contributed by atoms with Crippen molar-refractivity contribution in [2.45, 2.75) is 78.7 Å². The van der Waals surface area contributed by atoms with Gasteiger partial charge in [-0.15, -0.1) is 0 Å². The molecule has 1 aromatic carbocycles. The molecule has 1 aromatic rings. The van der Waals surface area contributed by atoms with Gasteiger partial charge in [-0.3, -0.25) is 0 Å². The molecule has 0 aromatic heterocycles. The van der Waals surface area contributed by atoms with E-state index in [1.165, 1.54) is 44.1 Å². The van der Waals surface area contributed by atoms with E-state index in [0.29, 0.717) is 11.5 Å². The predicted octanol–water partition coefficient (Wildman–Crippen LogP) is 6.12. The first-order valence-corrected chi connectivity index (χ1v) is 9.94. The molecule has 1 aliphatic rings. The fourth-order valence-electron chi connectivity index (χ4n) is 3.05. The largest absolute Gasteiger partial charge is 0.493 e. The highest BCUT2D eigenvalue weighted by atomic mass is 16.5. The molecule has 1 fully saturated rings. The lowest BCUT2D eigenvalue weighted by Gasteiger charge is -2.19. The van der Waals surface area contributed by atoms with Gasteiger partial charge in [-0.25, -0.2) is 0 Å². The van der Waals surface area contributed by atoms with Crippen LogP contribution < -0.4 is 10.1 Å². The topological polar surface area (TPSA) is 21.3 Å². The molecule has 0 spiro atoms. The van der Waals surface area contributed by atoms with Gasteiger partial charge in [-0.05, 0) is 67.7 Å². The fourth-order valence-corrected chi connectivity index (χ4v) is 3.05. The zero-order valence-corrected chi connectivity index (χ0v) is 16.2. The van der Waals surface area contributed by atoms with Crippen molar-refractivity contribution in [2.75, 3.05) is 13.2 Å². The van der Waals surface area contributed by atoms with E-state index in [1.807, 2.05) is 0 Å². The Morgan fingerprint density at radius 1 is 1.17 bits per heavy atom. The summed E-state index contributed by atoms with van der Waals surface area (Å²) in [7, 11) is 0. The number of benzene rings is 1. The first-order chi connectivity index (χ1) is 11.5. The van der Waals surface area contributed by atoms with E-state index in [9.17, 15) is 0 Å². The molecule has 1 N–H and O–H groups in total. The van der Waals surface area contributed by atoms with Crippen LogP contribution in [0.15, 0.2) is 24.3 Å². The van der Waals surface area contributed by atoms with Crippen molar-refractivity contribution in [3.05, 3.63) is 29.8 Å². The Balaban J connectivity index is 1.71. The highest BCUT2D eigenvalue weighted by molar-refractivity contribution is 5.30. The standard InChI is InChI=1S/C22H37NO/c1-5-21(23-15-8-6-7-14-22(2,3)4)19-10-9-11-20(16-19)24-17-18-12-13-18/h9-11,16,18,21,23H,5-8,12-15,17H2,1-4H3/t21-/m1/s1. The quantitative estimate of drug-likeness (QED) is 0.493. The van der Waals surface area contributed by atoms with Crippen molar-refractivity contribution in [1.82, 2.24) is 5.32 Å². The molecule has 2 nitrogen and oxygen atoms in total. The minimum absolute atomic E-state index is 0.442. The number of unbranched alkanes of at least 4 members (excludes halogenated alkanes) is 2. The first kappa shape index (κ1) is 19.3. The fraction of sp³-hybridized carbons (Fsp3) is 0.727. The van der Waals surface area contributed by atoms with E-state index in [-0.39, 0.29) is 0 Å². The van der Waals surface area contributed by atoms with Crippen LogP contribution in [0.2, 0.25) is 0 Å². The van der Waals surface area contributed by atoms with Gasteiger partial charge in [0.05, 0.1) is 6.61 Å². The van der Waals surface area contributed by atoms with Crippen molar-refractivity contribution in [3.8, 4) is 5.75 Å². The maximum Gasteiger partial charge on any atom is 0.119 e. The van der Waals surface area contributed by atoms with Crippen LogP contribution in [0.25, 0.3) is 0 Å². The number of ether oxygens (including phenoxy) is 1. The van der Waals surface area contributed by atoms with Gasteiger partial charge >= 0.3 is 0 Å². The third kappa shape index (κ3) is 7.70. The van der Waals surface area contributed by atoms with Gasteiger partial charge in [-0.2, -0.15) is 0 Å². The van der Waals surface area contributed by atoms with E-state index < -0.39 is 0 Å². The maximum absolute atomic E-state index is 5.93. The Morgan fingerprint density at radius 2 is 1.96 bits per heavy atom. The van der Waals surface area contributed by atoms with Crippen LogP contribution in [0.5, 0.6) is 5.75 Å². The SMILES string of the molecule is CC[C@@H](NCCCCCC(C)(C)C)c1cccc(OCC2CC2)c1. The van der Waals surface area contributed by atoms with Gasteiger partial charge in [0.25, 0.3) is 0 Å². The van der Waals surface area contributed by atoms with E-state index in [0.717, 1.165) is 31.2 Å². The molecule has 0 saturated heterocycles. The molecule has 0 aliphatic heterocycles. The summed E-state index contributed by atoms with van der Waals surface area (Å²) >= 11 is 0. The monoisotopic (exact) mass is 331 g/mol. The Labute approximate surface area is 149 Å². The Hall–Kier alpha value is -1.02. The third-order valence-corrected chi connectivity index (χ3v) is 4.85. The average Bonchev–Trinajstić information content (AvgIpc) is 3.36. The molecule has 1 aliphatic carbocycles. The maximum atomic E-state index is 5.93. The Morgan fingerprint density at radius 3 is 2.62 bits per heavy atom. The van der Waals surface area contributed by atoms with E-state index in [4.69, 9.17) is 4.74 Å². The van der Waals surface area contributed by atoms with Gasteiger partial charge in [0.1, 0.15) is 5.75 Å². The predicted molar refractivity (Wildman–Crippen MR) is 104 cm³/mol. The lowest BCUT2D eigenvalue weighted by atomic mass is 9.89. The number of rotatable bonds is 11. The van der Waals surface area contributed by atoms with Crippen LogP contribution in [0.4, 0.5) is 0 Å². The van der Waals surface area contributed by atoms with Crippen LogP contribution in [0, 0.1) is 11.3 Å². The third-order valence-electron chi connectivity index (χ3n) is 4.85. The molecule has 0 amide bonds. The summed E-state index contributed by atoms with van der Waals surface area (Å²) in [6, 6.07) is 9.11. The highest BCUT2D eigenvalue weighted by Gasteiger charge is 2.22. The summed E-state index contributed by atoms with van der Waals surface area (Å²) in [6.45, 7) is 11.2. The minimum atomic E-state index is 0.442. The van der Waals surface area contributed by atoms with Gasteiger partial charge < -0.3 is 10.1 Å². The van der Waals surface area contributed by atoms with Gasteiger partial charge in [0, 0.05) is 6.04 Å². The van der Waals surface area contributed by atoms with Crippen LogP contribution in [-0.2, 0) is 0 Å². The molecule has 0 unspecified atom stereocenters. The van der Waals surface area contributed by atoms with Crippen molar-refractivity contribution < 1.29 is 4.74 Å². The molecule has 0 radical (unpaired) electrons. The molecule has 0 bridgehead atoms. The van der Waals surface area contributed by atoms with Crippen molar-refractivity contribution in [3.63, 3.8) is 0 Å². The second-order valence-corrected chi connectivity index (χ2v) is 8.61. The van der Waals surface area contributed by atoms with E-state index in [2.05, 4.69) is 57.3 Å². The van der Waals surface area contributed by atoms with Crippen LogP contribution >= 0.6 is 0 Å². The van der Waals surface area contributed by atoms with E-state index in [1.54, 1.807) is 0 Å². The molecule has 2 rings (SSSR count). The number of hydrogen-bond donors (Lipinski definition) is 1. The molecular formula is C22H37NO.